The number of hydrogen-bond acceptors (Lipinski definition) is 24. The molecule has 0 aliphatic carbocycles. The molecule has 0 atom stereocenters. The first-order chi connectivity index (χ1) is 48.4. The summed E-state index contributed by atoms with van der Waals surface area (Å²) >= 11 is 0. The van der Waals surface area contributed by atoms with Crippen molar-refractivity contribution in [1.82, 2.24) is 0 Å². The largest absolute Gasteiger partial charge is 2.00 e. The number of hydrogen-bond donors (Lipinski definition) is 0. The summed E-state index contributed by atoms with van der Waals surface area (Å²) in [6.45, 7) is 13.5. The van der Waals surface area contributed by atoms with E-state index in [-0.39, 0.29) is 90.3 Å². The van der Waals surface area contributed by atoms with Crippen molar-refractivity contribution in [3.05, 3.63) is 0 Å². The maximum absolute atomic E-state index is 10.1. The third kappa shape index (κ3) is 154. The van der Waals surface area contributed by atoms with Crippen LogP contribution in [0.1, 0.15) is 427 Å². The number of unbranched alkanes of at least 4 members (excludes halogenated alkanes) is 54. The summed E-state index contributed by atoms with van der Waals surface area (Å²) in [6, 6.07) is 0. The molecule has 0 saturated carbocycles. The van der Waals surface area contributed by atoms with E-state index in [0.29, 0.717) is 38.5 Å². The average molecular weight is 1770 g/mol. The zero-order chi connectivity index (χ0) is 77.9. The van der Waals surface area contributed by atoms with Gasteiger partial charge in [-0.25, -0.2) is 50.5 Å². The van der Waals surface area contributed by atoms with Crippen molar-refractivity contribution in [2.45, 2.75) is 427 Å². The van der Waals surface area contributed by atoms with Crippen LogP contribution in [0.4, 0.5) is 0 Å². The van der Waals surface area contributed by atoms with Crippen LogP contribution >= 0.6 is 0 Å². The normalized spacial score (nSPS) is 11.5. The Morgan fingerprint density at radius 1 is 0.152 bits per heavy atom. The molecule has 0 bridgehead atoms. The van der Waals surface area contributed by atoms with Gasteiger partial charge >= 0.3 is 50.6 Å². The van der Waals surface area contributed by atoms with Gasteiger partial charge in [0.25, 0.3) is 0 Å². The fraction of sp³-hybridized carbons (Fsp3) is 1.00. The van der Waals surface area contributed by atoms with Gasteiger partial charge in [0.05, 0.1) is 39.6 Å². The van der Waals surface area contributed by atoms with E-state index >= 15 is 0 Å². The van der Waals surface area contributed by atoms with Gasteiger partial charge in [-0.1, -0.05) is 388 Å². The van der Waals surface area contributed by atoms with Gasteiger partial charge in [0.2, 0.25) is 62.4 Å². The van der Waals surface area contributed by atoms with E-state index in [0.717, 1.165) is 77.0 Å². The molecule has 0 unspecified atom stereocenters. The van der Waals surface area contributed by atoms with Crippen LogP contribution in [0.15, 0.2) is 0 Å². The molecule has 2 radical (unpaired) electrons. The third-order valence-electron chi connectivity index (χ3n) is 16.4. The molecule has 0 rings (SSSR count). The van der Waals surface area contributed by atoms with Crippen LogP contribution in [0, 0.1) is 0 Å². The predicted octanol–water partition coefficient (Wildman–Crippen LogP) is 20.3. The minimum absolute atomic E-state index is 0. The molecule has 0 aromatic rings. The summed E-state index contributed by atoms with van der Waals surface area (Å²) in [6.07, 6.45) is 70.2. The molecular formula is C72H150Co2FeO24S6. The monoisotopic (exact) mass is 1760 g/mol. The van der Waals surface area contributed by atoms with Gasteiger partial charge in [-0.15, -0.1) is 0 Å². The minimum atomic E-state index is -4.48. The Kier molecular flexibility index (Phi) is 113. The van der Waals surface area contributed by atoms with E-state index in [4.69, 9.17) is 0 Å². The Balaban J connectivity index is -0.000000150. The summed E-state index contributed by atoms with van der Waals surface area (Å²) < 4.78 is 207. The fourth-order valence-electron chi connectivity index (χ4n) is 10.5. The van der Waals surface area contributed by atoms with Crippen LogP contribution in [0.25, 0.3) is 0 Å². The Morgan fingerprint density at radius 2 is 0.219 bits per heavy atom. The molecule has 0 N–H and O–H groups in total. The molecule has 0 fully saturated rings. The molecule has 0 aliphatic heterocycles. The van der Waals surface area contributed by atoms with E-state index in [1.54, 1.807) is 0 Å². The van der Waals surface area contributed by atoms with Crippen molar-refractivity contribution in [2.75, 3.05) is 39.6 Å². The van der Waals surface area contributed by atoms with Crippen LogP contribution in [-0.2, 0) is 138 Å². The molecule has 0 aromatic carbocycles. The molecule has 0 amide bonds. The first kappa shape index (κ1) is 124. The summed E-state index contributed by atoms with van der Waals surface area (Å²) in [5, 5.41) is 0. The van der Waals surface area contributed by atoms with Crippen LogP contribution in [-0.4, -0.2) is 117 Å². The maximum atomic E-state index is 10.1. The Hall–Kier alpha value is 0.752. The first-order valence-electron chi connectivity index (χ1n) is 40.0. The van der Waals surface area contributed by atoms with E-state index in [9.17, 15) is 77.8 Å². The van der Waals surface area contributed by atoms with Crippen LogP contribution in [0.5, 0.6) is 0 Å². The molecule has 24 nitrogen and oxygen atoms in total. The first-order valence-corrected chi connectivity index (χ1v) is 48.0. The van der Waals surface area contributed by atoms with E-state index in [1.165, 1.54) is 270 Å². The molecule has 105 heavy (non-hydrogen) atoms. The van der Waals surface area contributed by atoms with Crippen molar-refractivity contribution < 1.29 is 154 Å². The number of rotatable bonds is 72. The van der Waals surface area contributed by atoms with Gasteiger partial charge in [-0.3, -0.25) is 25.1 Å². The smallest absolute Gasteiger partial charge is 0.726 e. The topological polar surface area (TPSA) is 399 Å². The van der Waals surface area contributed by atoms with Crippen molar-refractivity contribution in [1.29, 1.82) is 0 Å². The molecule has 644 valence electrons. The summed E-state index contributed by atoms with van der Waals surface area (Å²) in [7, 11) is -26.9. The van der Waals surface area contributed by atoms with Crippen molar-refractivity contribution in [3.8, 4) is 0 Å². The summed E-state index contributed by atoms with van der Waals surface area (Å²) in [5.74, 6) is 0. The molecule has 0 saturated heterocycles. The van der Waals surface area contributed by atoms with Gasteiger partial charge in [0.15, 0.2) is 0 Å². The van der Waals surface area contributed by atoms with Crippen molar-refractivity contribution >= 4 is 62.4 Å². The van der Waals surface area contributed by atoms with Crippen molar-refractivity contribution in [3.63, 3.8) is 0 Å². The second-order valence-corrected chi connectivity index (χ2v) is 32.8. The quantitative estimate of drug-likeness (QED) is 0.0236. The van der Waals surface area contributed by atoms with E-state index < -0.39 is 62.4 Å². The molecule has 0 aliphatic rings. The second kappa shape index (κ2) is 95.3. The van der Waals surface area contributed by atoms with Crippen LogP contribution < -0.4 is 0 Å². The minimum Gasteiger partial charge on any atom is -0.726 e. The van der Waals surface area contributed by atoms with Crippen molar-refractivity contribution in [2.24, 2.45) is 0 Å². The van der Waals surface area contributed by atoms with Gasteiger partial charge in [0, 0.05) is 0 Å². The Bertz CT molecular complexity index is 1940. The molecule has 0 aromatic heterocycles. The fourth-order valence-corrected chi connectivity index (χ4v) is 12.4. The molecule has 0 heterocycles. The molecular weight excluding hydrogens is 1610 g/mol. The Labute approximate surface area is 677 Å². The SMILES string of the molecule is CCCCCCCCCCCCOS(=O)(=O)[O-].CCCCCCCCCCCCOS(=O)(=O)[O-].CCCCCCCCCCCCOS(=O)(=O)[O-].CCCCCCCCCCCCOS(=O)(=O)[O-].CCCCCCCCCCCCOS(=O)(=O)[O-].CCCCCCCCCCCCOS(=O)(=O)[O-].[Co+2].[Co+2].[Fe+2]. The maximum Gasteiger partial charge on any atom is 2.00 e. The zero-order valence-corrected chi connectivity index (χ0v) is 74.0. The average Bonchev–Trinajstić information content (AvgIpc) is 1.21. The Morgan fingerprint density at radius 3 is 0.286 bits per heavy atom. The van der Waals surface area contributed by atoms with E-state index in [1.807, 2.05) is 0 Å². The van der Waals surface area contributed by atoms with E-state index in [2.05, 4.69) is 66.6 Å². The van der Waals surface area contributed by atoms with Gasteiger partial charge in [0.1, 0.15) is 0 Å². The predicted molar refractivity (Wildman–Crippen MR) is 405 cm³/mol. The second-order valence-electron chi connectivity index (χ2n) is 26.5. The van der Waals surface area contributed by atoms with Crippen LogP contribution in [0.2, 0.25) is 0 Å². The third-order valence-corrected chi connectivity index (χ3v) is 19.1. The summed E-state index contributed by atoms with van der Waals surface area (Å²) in [5.41, 5.74) is 0. The zero-order valence-electron chi connectivity index (χ0n) is 65.9. The van der Waals surface area contributed by atoms with Gasteiger partial charge < -0.3 is 27.3 Å². The van der Waals surface area contributed by atoms with Gasteiger partial charge in [-0.2, -0.15) is 0 Å². The van der Waals surface area contributed by atoms with Crippen LogP contribution in [0.3, 0.4) is 0 Å². The molecule has 33 heteroatoms. The standard InChI is InChI=1S/6C12H26O4S.2Co.Fe/c6*1-2-3-4-5-6-7-8-9-10-11-12-16-17(13,14)15;;;/h6*2-12H2,1H3,(H,13,14,15);;;/q;;;;;;3*+2/p-6. The molecule has 0 spiro atoms. The summed E-state index contributed by atoms with van der Waals surface area (Å²) in [4.78, 5) is 0. The van der Waals surface area contributed by atoms with Gasteiger partial charge in [-0.05, 0) is 38.5 Å².